The second-order valence-corrected chi connectivity index (χ2v) is 6.76. The molecule has 0 aliphatic rings. The molecule has 0 radical (unpaired) electrons. The van der Waals surface area contributed by atoms with Gasteiger partial charge < -0.3 is 20.3 Å². The zero-order valence-corrected chi connectivity index (χ0v) is 17.3. The lowest BCUT2D eigenvalue weighted by Crippen LogP contribution is -2.27. The molecule has 28 heavy (non-hydrogen) atoms. The van der Waals surface area contributed by atoms with Gasteiger partial charge in [-0.1, -0.05) is 37.0 Å². The molecule has 0 fully saturated rings. The van der Waals surface area contributed by atoms with Gasteiger partial charge in [0, 0.05) is 17.9 Å². The van der Waals surface area contributed by atoms with E-state index in [2.05, 4.69) is 29.4 Å². The minimum atomic E-state index is -0.437. The molecule has 0 aromatic heterocycles. The molecule has 0 aliphatic carbocycles. The predicted molar refractivity (Wildman–Crippen MR) is 114 cm³/mol. The summed E-state index contributed by atoms with van der Waals surface area (Å²) in [4.78, 5) is 26.3. The SMILES string of the molecule is CCN(CC)CCOC(=O)c1ccc(NC(=O)Nc2ccc(Cl)c(Cl)c2)cc1. The first-order valence-electron chi connectivity index (χ1n) is 8.95. The van der Waals surface area contributed by atoms with E-state index in [0.717, 1.165) is 13.1 Å². The molecular formula is C20H23Cl2N3O3. The third-order valence-corrected chi connectivity index (χ3v) is 4.83. The molecule has 0 heterocycles. The van der Waals surface area contributed by atoms with Gasteiger partial charge in [-0.05, 0) is 55.6 Å². The van der Waals surface area contributed by atoms with Crippen molar-refractivity contribution in [3.63, 3.8) is 0 Å². The fraction of sp³-hybridized carbons (Fsp3) is 0.300. The average molecular weight is 424 g/mol. The molecule has 0 saturated carbocycles. The summed E-state index contributed by atoms with van der Waals surface area (Å²) in [5.74, 6) is -0.390. The average Bonchev–Trinajstić information content (AvgIpc) is 2.68. The lowest BCUT2D eigenvalue weighted by Gasteiger charge is -2.17. The molecule has 0 unspecified atom stereocenters. The molecule has 2 aromatic carbocycles. The number of esters is 1. The van der Waals surface area contributed by atoms with Crippen LogP contribution < -0.4 is 10.6 Å². The molecule has 2 amide bonds. The molecule has 0 atom stereocenters. The lowest BCUT2D eigenvalue weighted by molar-refractivity contribution is 0.0466. The maximum absolute atomic E-state index is 12.1. The third kappa shape index (κ3) is 6.71. The number of hydrogen-bond acceptors (Lipinski definition) is 4. The van der Waals surface area contributed by atoms with Crippen LogP contribution in [-0.4, -0.2) is 43.1 Å². The van der Waals surface area contributed by atoms with Crippen LogP contribution in [0.4, 0.5) is 16.2 Å². The number of likely N-dealkylation sites (N-methyl/N-ethyl adjacent to an activating group) is 1. The normalized spacial score (nSPS) is 10.6. The van der Waals surface area contributed by atoms with E-state index in [1.807, 2.05) is 0 Å². The molecule has 2 rings (SSSR count). The Morgan fingerprint density at radius 2 is 1.54 bits per heavy atom. The van der Waals surface area contributed by atoms with Gasteiger partial charge >= 0.3 is 12.0 Å². The first-order chi connectivity index (χ1) is 13.4. The number of nitrogens with one attached hydrogen (secondary N) is 2. The summed E-state index contributed by atoms with van der Waals surface area (Å²) < 4.78 is 5.28. The van der Waals surface area contributed by atoms with E-state index in [9.17, 15) is 9.59 Å². The summed E-state index contributed by atoms with van der Waals surface area (Å²) in [6.07, 6.45) is 0. The zero-order valence-electron chi connectivity index (χ0n) is 15.8. The molecule has 2 N–H and O–H groups in total. The molecule has 8 heteroatoms. The van der Waals surface area contributed by atoms with Gasteiger partial charge in [0.15, 0.2) is 0 Å². The summed E-state index contributed by atoms with van der Waals surface area (Å²) in [6, 6.07) is 10.8. The van der Waals surface area contributed by atoms with Crippen LogP contribution in [0.2, 0.25) is 10.0 Å². The van der Waals surface area contributed by atoms with Crippen molar-refractivity contribution < 1.29 is 14.3 Å². The minimum absolute atomic E-state index is 0.340. The highest BCUT2D eigenvalue weighted by molar-refractivity contribution is 6.42. The summed E-state index contributed by atoms with van der Waals surface area (Å²) in [5, 5.41) is 6.09. The highest BCUT2D eigenvalue weighted by atomic mass is 35.5. The lowest BCUT2D eigenvalue weighted by atomic mass is 10.2. The molecule has 2 aromatic rings. The molecule has 6 nitrogen and oxygen atoms in total. The van der Waals surface area contributed by atoms with Gasteiger partial charge in [0.05, 0.1) is 15.6 Å². The first-order valence-corrected chi connectivity index (χ1v) is 9.71. The number of anilines is 2. The van der Waals surface area contributed by atoms with Crippen LogP contribution in [0.5, 0.6) is 0 Å². The van der Waals surface area contributed by atoms with Crippen molar-refractivity contribution in [1.29, 1.82) is 0 Å². The number of amides is 2. The van der Waals surface area contributed by atoms with Crippen molar-refractivity contribution in [3.05, 3.63) is 58.1 Å². The minimum Gasteiger partial charge on any atom is -0.461 e. The molecule has 0 bridgehead atoms. The topological polar surface area (TPSA) is 70.7 Å². The van der Waals surface area contributed by atoms with Crippen LogP contribution in [0.3, 0.4) is 0 Å². The maximum Gasteiger partial charge on any atom is 0.338 e. The second-order valence-electron chi connectivity index (χ2n) is 5.95. The monoisotopic (exact) mass is 423 g/mol. The summed E-state index contributed by atoms with van der Waals surface area (Å²) in [5.41, 5.74) is 1.48. The van der Waals surface area contributed by atoms with Gasteiger partial charge in [-0.25, -0.2) is 9.59 Å². The fourth-order valence-electron chi connectivity index (χ4n) is 2.45. The van der Waals surface area contributed by atoms with E-state index in [0.29, 0.717) is 40.1 Å². The molecule has 150 valence electrons. The van der Waals surface area contributed by atoms with Crippen LogP contribution in [0.15, 0.2) is 42.5 Å². The Bertz CT molecular complexity index is 809. The Balaban J connectivity index is 1.85. The molecule has 0 spiro atoms. The van der Waals surface area contributed by atoms with Gasteiger partial charge in [-0.15, -0.1) is 0 Å². The Kier molecular flexibility index (Phi) is 8.57. The molecule has 0 saturated heterocycles. The number of ether oxygens (including phenoxy) is 1. The van der Waals surface area contributed by atoms with Gasteiger partial charge in [0.25, 0.3) is 0 Å². The summed E-state index contributed by atoms with van der Waals surface area (Å²) in [7, 11) is 0. The number of carbonyl (C=O) groups is 2. The van der Waals surface area contributed by atoms with Crippen LogP contribution in [-0.2, 0) is 4.74 Å². The van der Waals surface area contributed by atoms with Crippen molar-refractivity contribution in [3.8, 4) is 0 Å². The van der Waals surface area contributed by atoms with Gasteiger partial charge in [0.2, 0.25) is 0 Å². The summed E-state index contributed by atoms with van der Waals surface area (Å²) in [6.45, 7) is 7.00. The first kappa shape index (κ1) is 22.0. The number of hydrogen-bond donors (Lipinski definition) is 2. The maximum atomic E-state index is 12.1. The third-order valence-electron chi connectivity index (χ3n) is 4.09. The fourth-order valence-corrected chi connectivity index (χ4v) is 2.75. The standard InChI is InChI=1S/C20H23Cl2N3O3/c1-3-25(4-2)11-12-28-19(26)14-5-7-15(8-6-14)23-20(27)24-16-9-10-17(21)18(22)13-16/h5-10,13H,3-4,11-12H2,1-2H3,(H2,23,24,27). The largest absolute Gasteiger partial charge is 0.461 e. The number of carbonyl (C=O) groups excluding carboxylic acids is 2. The number of urea groups is 1. The Morgan fingerprint density at radius 3 is 2.14 bits per heavy atom. The Hall–Kier alpha value is -2.28. The Labute approximate surface area is 174 Å². The van der Waals surface area contributed by atoms with E-state index >= 15 is 0 Å². The molecule has 0 aliphatic heterocycles. The van der Waals surface area contributed by atoms with E-state index in [4.69, 9.17) is 27.9 Å². The number of rotatable bonds is 8. The zero-order chi connectivity index (χ0) is 20.5. The van der Waals surface area contributed by atoms with Crippen molar-refractivity contribution >= 4 is 46.6 Å². The van der Waals surface area contributed by atoms with Crippen LogP contribution in [0, 0.1) is 0 Å². The van der Waals surface area contributed by atoms with E-state index in [1.54, 1.807) is 42.5 Å². The number of benzene rings is 2. The summed E-state index contributed by atoms with van der Waals surface area (Å²) >= 11 is 11.8. The second kappa shape index (κ2) is 10.9. The Morgan fingerprint density at radius 1 is 0.929 bits per heavy atom. The van der Waals surface area contributed by atoms with E-state index in [1.165, 1.54) is 0 Å². The van der Waals surface area contributed by atoms with Crippen molar-refractivity contribution in [1.82, 2.24) is 4.90 Å². The van der Waals surface area contributed by atoms with Crippen molar-refractivity contribution in [2.24, 2.45) is 0 Å². The van der Waals surface area contributed by atoms with Crippen LogP contribution in [0.25, 0.3) is 0 Å². The van der Waals surface area contributed by atoms with Crippen LogP contribution >= 0.6 is 23.2 Å². The predicted octanol–water partition coefficient (Wildman–Crippen LogP) is 5.14. The van der Waals surface area contributed by atoms with E-state index in [-0.39, 0.29) is 5.97 Å². The van der Waals surface area contributed by atoms with E-state index < -0.39 is 6.03 Å². The van der Waals surface area contributed by atoms with Gasteiger partial charge in [-0.3, -0.25) is 0 Å². The van der Waals surface area contributed by atoms with Gasteiger partial charge in [0.1, 0.15) is 6.61 Å². The highest BCUT2D eigenvalue weighted by Crippen LogP contribution is 2.25. The quantitative estimate of drug-likeness (QED) is 0.576. The molecular weight excluding hydrogens is 401 g/mol. The smallest absolute Gasteiger partial charge is 0.338 e. The highest BCUT2D eigenvalue weighted by Gasteiger charge is 2.09. The van der Waals surface area contributed by atoms with Gasteiger partial charge in [-0.2, -0.15) is 0 Å². The van der Waals surface area contributed by atoms with Crippen molar-refractivity contribution in [2.45, 2.75) is 13.8 Å². The van der Waals surface area contributed by atoms with Crippen molar-refractivity contribution in [2.75, 3.05) is 36.9 Å². The van der Waals surface area contributed by atoms with Crippen LogP contribution in [0.1, 0.15) is 24.2 Å². The number of halogens is 2. The number of nitrogens with zero attached hydrogens (tertiary/aromatic N) is 1.